The van der Waals surface area contributed by atoms with Gasteiger partial charge in [0.25, 0.3) is 0 Å². The van der Waals surface area contributed by atoms with Gasteiger partial charge >= 0.3 is 0 Å². The van der Waals surface area contributed by atoms with E-state index in [1.807, 2.05) is 53.4 Å². The lowest BCUT2D eigenvalue weighted by molar-refractivity contribution is -0.132. The van der Waals surface area contributed by atoms with Crippen LogP contribution >= 0.6 is 11.6 Å². The molecule has 1 fully saturated rings. The Kier molecular flexibility index (Phi) is 7.57. The molecule has 2 aromatic rings. The van der Waals surface area contributed by atoms with Gasteiger partial charge in [0.2, 0.25) is 5.91 Å². The van der Waals surface area contributed by atoms with Gasteiger partial charge in [0.15, 0.2) is 0 Å². The first kappa shape index (κ1) is 20.5. The van der Waals surface area contributed by atoms with E-state index in [-0.39, 0.29) is 5.91 Å². The highest BCUT2D eigenvalue weighted by Crippen LogP contribution is 2.23. The van der Waals surface area contributed by atoms with Crippen molar-refractivity contribution < 1.29 is 14.3 Å². The molecule has 1 saturated heterocycles. The maximum absolute atomic E-state index is 12.5. The first-order valence-electron chi connectivity index (χ1n) is 9.66. The number of para-hydroxylation sites is 2. The highest BCUT2D eigenvalue weighted by atomic mass is 35.5. The number of carbonyl (C=O) groups excluding carboxylic acids is 1. The predicted octanol–water partition coefficient (Wildman–Crippen LogP) is 3.50. The molecule has 0 N–H and O–H groups in total. The van der Waals surface area contributed by atoms with Crippen LogP contribution in [0.3, 0.4) is 0 Å². The number of hydrogen-bond acceptors (Lipinski definition) is 4. The topological polar surface area (TPSA) is 42.0 Å². The Balaban J connectivity index is 1.37. The average Bonchev–Trinajstić information content (AvgIpc) is 2.74. The van der Waals surface area contributed by atoms with Gasteiger partial charge in [0, 0.05) is 39.1 Å². The van der Waals surface area contributed by atoms with E-state index < -0.39 is 0 Å². The number of carbonyl (C=O) groups is 1. The molecule has 1 aliphatic rings. The van der Waals surface area contributed by atoms with Crippen molar-refractivity contribution in [3.8, 4) is 11.5 Å². The number of amides is 1. The van der Waals surface area contributed by atoms with Crippen LogP contribution in [0.2, 0.25) is 5.02 Å². The Morgan fingerprint density at radius 3 is 2.39 bits per heavy atom. The fraction of sp³-hybridized carbons (Fsp3) is 0.409. The third-order valence-corrected chi connectivity index (χ3v) is 5.34. The average molecular weight is 403 g/mol. The minimum absolute atomic E-state index is 0.206. The van der Waals surface area contributed by atoms with Crippen molar-refractivity contribution in [2.24, 2.45) is 0 Å². The molecule has 0 aliphatic carbocycles. The van der Waals surface area contributed by atoms with Crippen LogP contribution in [0.15, 0.2) is 48.5 Å². The second kappa shape index (κ2) is 10.3. The Hall–Kier alpha value is -2.24. The summed E-state index contributed by atoms with van der Waals surface area (Å²) in [7, 11) is 1.66. The van der Waals surface area contributed by atoms with E-state index in [0.717, 1.165) is 44.0 Å². The minimum Gasteiger partial charge on any atom is -0.496 e. The largest absolute Gasteiger partial charge is 0.496 e. The van der Waals surface area contributed by atoms with Crippen LogP contribution in [0.5, 0.6) is 11.5 Å². The van der Waals surface area contributed by atoms with E-state index in [0.29, 0.717) is 30.2 Å². The zero-order valence-electron chi connectivity index (χ0n) is 16.3. The second-order valence-corrected chi connectivity index (χ2v) is 7.22. The molecule has 0 aromatic heterocycles. The molecule has 0 atom stereocenters. The normalized spacial score (nSPS) is 14.7. The van der Waals surface area contributed by atoms with Crippen molar-refractivity contribution in [3.63, 3.8) is 0 Å². The molecule has 0 spiro atoms. The van der Waals surface area contributed by atoms with Crippen LogP contribution in [0.4, 0.5) is 0 Å². The van der Waals surface area contributed by atoms with Crippen molar-refractivity contribution >= 4 is 17.5 Å². The molecule has 1 amide bonds. The molecule has 28 heavy (non-hydrogen) atoms. The Morgan fingerprint density at radius 1 is 1.00 bits per heavy atom. The van der Waals surface area contributed by atoms with Gasteiger partial charge in [0.05, 0.1) is 12.1 Å². The fourth-order valence-corrected chi connectivity index (χ4v) is 3.57. The first-order valence-corrected chi connectivity index (χ1v) is 10.0. The smallest absolute Gasteiger partial charge is 0.222 e. The third-order valence-electron chi connectivity index (χ3n) is 5.03. The van der Waals surface area contributed by atoms with Gasteiger partial charge in [-0.1, -0.05) is 41.9 Å². The number of nitrogens with zero attached hydrogens (tertiary/aromatic N) is 2. The third kappa shape index (κ3) is 5.63. The lowest BCUT2D eigenvalue weighted by Crippen LogP contribution is -2.49. The molecule has 5 nitrogen and oxygen atoms in total. The molecule has 150 valence electrons. The van der Waals surface area contributed by atoms with Gasteiger partial charge in [-0.15, -0.1) is 0 Å². The SMILES string of the molecule is COc1ccccc1CCC(=O)N1CCN(CCOc2ccccc2Cl)CC1. The summed E-state index contributed by atoms with van der Waals surface area (Å²) in [4.78, 5) is 16.8. The number of aryl methyl sites for hydroxylation is 1. The Morgan fingerprint density at radius 2 is 1.68 bits per heavy atom. The van der Waals surface area contributed by atoms with E-state index in [2.05, 4.69) is 4.90 Å². The van der Waals surface area contributed by atoms with Crippen molar-refractivity contribution in [2.75, 3.05) is 46.4 Å². The summed E-state index contributed by atoms with van der Waals surface area (Å²) < 4.78 is 11.1. The number of ether oxygens (including phenoxy) is 2. The summed E-state index contributed by atoms with van der Waals surface area (Å²) in [6.45, 7) is 4.67. The number of piperazine rings is 1. The fourth-order valence-electron chi connectivity index (χ4n) is 3.38. The summed E-state index contributed by atoms with van der Waals surface area (Å²) in [5.74, 6) is 1.77. The van der Waals surface area contributed by atoms with E-state index in [9.17, 15) is 4.79 Å². The molecule has 6 heteroatoms. The molecule has 1 aliphatic heterocycles. The van der Waals surface area contributed by atoms with Crippen LogP contribution < -0.4 is 9.47 Å². The number of halogens is 1. The first-order chi connectivity index (χ1) is 13.7. The van der Waals surface area contributed by atoms with Gasteiger partial charge in [-0.05, 0) is 30.2 Å². The second-order valence-electron chi connectivity index (χ2n) is 6.81. The lowest BCUT2D eigenvalue weighted by atomic mass is 10.1. The van der Waals surface area contributed by atoms with Gasteiger partial charge in [-0.3, -0.25) is 9.69 Å². The highest BCUT2D eigenvalue weighted by Gasteiger charge is 2.21. The zero-order chi connectivity index (χ0) is 19.8. The molecular formula is C22H27ClN2O3. The molecule has 3 rings (SSSR count). The summed E-state index contributed by atoms with van der Waals surface area (Å²) in [5, 5.41) is 0.632. The number of hydrogen-bond donors (Lipinski definition) is 0. The Labute approximate surface area is 171 Å². The molecule has 1 heterocycles. The van der Waals surface area contributed by atoms with E-state index in [4.69, 9.17) is 21.1 Å². The quantitative estimate of drug-likeness (QED) is 0.677. The lowest BCUT2D eigenvalue weighted by Gasteiger charge is -2.34. The number of methoxy groups -OCH3 is 1. The van der Waals surface area contributed by atoms with Gasteiger partial charge in [-0.25, -0.2) is 0 Å². The maximum Gasteiger partial charge on any atom is 0.222 e. The van der Waals surface area contributed by atoms with Crippen LogP contribution in [-0.2, 0) is 11.2 Å². The number of rotatable bonds is 8. The van der Waals surface area contributed by atoms with Gasteiger partial charge in [0.1, 0.15) is 18.1 Å². The van der Waals surface area contributed by atoms with Crippen LogP contribution in [0.1, 0.15) is 12.0 Å². The summed E-state index contributed by atoms with van der Waals surface area (Å²) >= 11 is 6.10. The standard InChI is InChI=1S/C22H27ClN2O3/c1-27-20-8-4-2-6-18(20)10-11-22(26)25-14-12-24(13-15-25)16-17-28-21-9-5-3-7-19(21)23/h2-9H,10-17H2,1H3. The molecular weight excluding hydrogens is 376 g/mol. The Bertz CT molecular complexity index is 776. The highest BCUT2D eigenvalue weighted by molar-refractivity contribution is 6.32. The van der Waals surface area contributed by atoms with Crippen molar-refractivity contribution in [3.05, 3.63) is 59.1 Å². The number of benzene rings is 2. The van der Waals surface area contributed by atoms with Crippen molar-refractivity contribution in [1.82, 2.24) is 9.80 Å². The van der Waals surface area contributed by atoms with Crippen LogP contribution in [0.25, 0.3) is 0 Å². The maximum atomic E-state index is 12.5. The molecule has 0 saturated carbocycles. The van der Waals surface area contributed by atoms with Gasteiger partial charge in [-0.2, -0.15) is 0 Å². The molecule has 2 aromatic carbocycles. The van der Waals surface area contributed by atoms with Crippen LogP contribution in [-0.4, -0.2) is 62.1 Å². The predicted molar refractivity (Wildman–Crippen MR) is 111 cm³/mol. The summed E-state index contributed by atoms with van der Waals surface area (Å²) in [6.07, 6.45) is 1.21. The van der Waals surface area contributed by atoms with E-state index in [1.54, 1.807) is 7.11 Å². The molecule has 0 radical (unpaired) electrons. The van der Waals surface area contributed by atoms with E-state index >= 15 is 0 Å². The van der Waals surface area contributed by atoms with Crippen LogP contribution in [0, 0.1) is 0 Å². The van der Waals surface area contributed by atoms with Crippen molar-refractivity contribution in [2.45, 2.75) is 12.8 Å². The van der Waals surface area contributed by atoms with Crippen molar-refractivity contribution in [1.29, 1.82) is 0 Å². The zero-order valence-corrected chi connectivity index (χ0v) is 17.0. The monoisotopic (exact) mass is 402 g/mol. The molecule has 0 bridgehead atoms. The van der Waals surface area contributed by atoms with E-state index in [1.165, 1.54) is 0 Å². The van der Waals surface area contributed by atoms with Gasteiger partial charge < -0.3 is 14.4 Å². The summed E-state index contributed by atoms with van der Waals surface area (Å²) in [6, 6.07) is 15.4. The summed E-state index contributed by atoms with van der Waals surface area (Å²) in [5.41, 5.74) is 1.08. The molecule has 0 unspecified atom stereocenters. The minimum atomic E-state index is 0.206.